The van der Waals surface area contributed by atoms with E-state index < -0.39 is 0 Å². The zero-order valence-corrected chi connectivity index (χ0v) is 12.6. The van der Waals surface area contributed by atoms with Gasteiger partial charge in [-0.05, 0) is 30.3 Å². The molecule has 0 atom stereocenters. The third-order valence-corrected chi connectivity index (χ3v) is 3.27. The molecular weight excluding hydrogens is 302 g/mol. The number of benzene rings is 2. The van der Waals surface area contributed by atoms with E-state index in [0.717, 1.165) is 0 Å². The molecule has 0 saturated heterocycles. The highest BCUT2D eigenvalue weighted by atomic mass is 35.5. The molecule has 0 fully saturated rings. The highest BCUT2D eigenvalue weighted by Crippen LogP contribution is 2.23. The van der Waals surface area contributed by atoms with Gasteiger partial charge in [0.05, 0.1) is 10.7 Å². The van der Waals surface area contributed by atoms with Gasteiger partial charge in [0, 0.05) is 24.2 Å². The van der Waals surface area contributed by atoms with Crippen LogP contribution in [0.1, 0.15) is 20.7 Å². The summed E-state index contributed by atoms with van der Waals surface area (Å²) in [6.07, 6.45) is 0. The minimum Gasteiger partial charge on any atom is -0.351 e. The third-order valence-electron chi connectivity index (χ3n) is 2.94. The van der Waals surface area contributed by atoms with E-state index in [1.165, 1.54) is 6.07 Å². The van der Waals surface area contributed by atoms with Gasteiger partial charge < -0.3 is 16.4 Å². The molecule has 0 spiro atoms. The minimum absolute atomic E-state index is 0.266. The number of carbonyl (C=O) groups is 2. The van der Waals surface area contributed by atoms with Crippen molar-refractivity contribution in [3.05, 3.63) is 64.7 Å². The molecule has 6 heteroatoms. The molecule has 0 aliphatic heterocycles. The minimum atomic E-state index is -0.290. The smallest absolute Gasteiger partial charge is 0.255 e. The number of nitrogens with one attached hydrogen (secondary N) is 2. The molecule has 2 aromatic rings. The number of carbonyl (C=O) groups excluding carboxylic acids is 2. The maximum absolute atomic E-state index is 12.1. The maximum Gasteiger partial charge on any atom is 0.255 e. The molecule has 0 aliphatic carbocycles. The van der Waals surface area contributed by atoms with Crippen LogP contribution in [-0.2, 0) is 0 Å². The second kappa shape index (κ2) is 7.59. The lowest BCUT2D eigenvalue weighted by atomic mass is 10.1. The molecule has 0 aliphatic rings. The second-order valence-electron chi connectivity index (χ2n) is 4.56. The van der Waals surface area contributed by atoms with Crippen molar-refractivity contribution in [2.75, 3.05) is 18.4 Å². The van der Waals surface area contributed by atoms with Crippen molar-refractivity contribution in [1.82, 2.24) is 5.32 Å². The zero-order chi connectivity index (χ0) is 15.9. The fourth-order valence-corrected chi connectivity index (χ4v) is 2.00. The maximum atomic E-state index is 12.1. The number of nitrogens with two attached hydrogens (primary N) is 1. The standard InChI is InChI=1S/C16H16ClN3O2/c17-13-7-6-12(15(21)19-9-8-18)10-14(13)20-16(22)11-4-2-1-3-5-11/h1-7,10H,8-9,18H2,(H,19,21)(H,20,22). The molecule has 2 aromatic carbocycles. The fraction of sp³-hybridized carbons (Fsp3) is 0.125. The van der Waals surface area contributed by atoms with Crippen molar-refractivity contribution in [2.24, 2.45) is 5.73 Å². The summed E-state index contributed by atoms with van der Waals surface area (Å²) in [5.41, 5.74) is 6.65. The highest BCUT2D eigenvalue weighted by Gasteiger charge is 2.11. The van der Waals surface area contributed by atoms with E-state index in [2.05, 4.69) is 10.6 Å². The van der Waals surface area contributed by atoms with Crippen LogP contribution < -0.4 is 16.4 Å². The van der Waals surface area contributed by atoms with Crippen LogP contribution in [0, 0.1) is 0 Å². The summed E-state index contributed by atoms with van der Waals surface area (Å²) in [4.78, 5) is 24.0. The number of halogens is 1. The monoisotopic (exact) mass is 317 g/mol. The highest BCUT2D eigenvalue weighted by molar-refractivity contribution is 6.34. The second-order valence-corrected chi connectivity index (χ2v) is 4.97. The number of hydrogen-bond donors (Lipinski definition) is 3. The van der Waals surface area contributed by atoms with Gasteiger partial charge in [0.2, 0.25) is 0 Å². The summed E-state index contributed by atoms with van der Waals surface area (Å²) in [5.74, 6) is -0.556. The van der Waals surface area contributed by atoms with Gasteiger partial charge in [0.15, 0.2) is 0 Å². The molecule has 0 radical (unpaired) electrons. The van der Waals surface area contributed by atoms with Crippen LogP contribution in [0.2, 0.25) is 5.02 Å². The predicted octanol–water partition coefficient (Wildman–Crippen LogP) is 2.28. The normalized spacial score (nSPS) is 10.1. The molecule has 4 N–H and O–H groups in total. The molecule has 2 amide bonds. The predicted molar refractivity (Wildman–Crippen MR) is 87.2 cm³/mol. The first kappa shape index (κ1) is 16.0. The van der Waals surface area contributed by atoms with Gasteiger partial charge in [-0.1, -0.05) is 29.8 Å². The fourth-order valence-electron chi connectivity index (χ4n) is 1.83. The van der Waals surface area contributed by atoms with Gasteiger partial charge in [-0.3, -0.25) is 9.59 Å². The molecular formula is C16H16ClN3O2. The van der Waals surface area contributed by atoms with Crippen LogP contribution in [0.3, 0.4) is 0 Å². The van der Waals surface area contributed by atoms with Gasteiger partial charge >= 0.3 is 0 Å². The van der Waals surface area contributed by atoms with Gasteiger partial charge in [-0.25, -0.2) is 0 Å². The molecule has 22 heavy (non-hydrogen) atoms. The largest absolute Gasteiger partial charge is 0.351 e. The van der Waals surface area contributed by atoms with Crippen molar-refractivity contribution in [3.63, 3.8) is 0 Å². The average Bonchev–Trinajstić information content (AvgIpc) is 2.55. The average molecular weight is 318 g/mol. The van der Waals surface area contributed by atoms with Crippen molar-refractivity contribution < 1.29 is 9.59 Å². The summed E-state index contributed by atoms with van der Waals surface area (Å²) in [6, 6.07) is 13.5. The Morgan fingerprint density at radius 3 is 2.41 bits per heavy atom. The zero-order valence-electron chi connectivity index (χ0n) is 11.8. The van der Waals surface area contributed by atoms with E-state index in [0.29, 0.717) is 34.9 Å². The number of anilines is 1. The lowest BCUT2D eigenvalue weighted by Crippen LogP contribution is -2.29. The van der Waals surface area contributed by atoms with E-state index in [1.54, 1.807) is 36.4 Å². The summed E-state index contributed by atoms with van der Waals surface area (Å²) < 4.78 is 0. The van der Waals surface area contributed by atoms with E-state index in [-0.39, 0.29) is 11.8 Å². The SMILES string of the molecule is NCCNC(=O)c1ccc(Cl)c(NC(=O)c2ccccc2)c1. The Hall–Kier alpha value is -2.37. The first-order chi connectivity index (χ1) is 10.6. The van der Waals surface area contributed by atoms with E-state index in [1.807, 2.05) is 6.07 Å². The van der Waals surface area contributed by atoms with E-state index >= 15 is 0 Å². The van der Waals surface area contributed by atoms with Gasteiger partial charge in [0.25, 0.3) is 11.8 Å². The Balaban J connectivity index is 2.17. The van der Waals surface area contributed by atoms with Gasteiger partial charge in [-0.2, -0.15) is 0 Å². The first-order valence-electron chi connectivity index (χ1n) is 6.76. The Morgan fingerprint density at radius 2 is 1.73 bits per heavy atom. The van der Waals surface area contributed by atoms with Crippen molar-refractivity contribution in [3.8, 4) is 0 Å². The Morgan fingerprint density at radius 1 is 1.00 bits per heavy atom. The molecule has 0 bridgehead atoms. The van der Waals surface area contributed by atoms with Crippen LogP contribution in [0.5, 0.6) is 0 Å². The number of amides is 2. The molecule has 0 unspecified atom stereocenters. The number of rotatable bonds is 5. The molecule has 114 valence electrons. The van der Waals surface area contributed by atoms with Crippen LogP contribution in [-0.4, -0.2) is 24.9 Å². The Labute approximate surface area is 133 Å². The van der Waals surface area contributed by atoms with Gasteiger partial charge in [-0.15, -0.1) is 0 Å². The van der Waals surface area contributed by atoms with Crippen LogP contribution in [0.15, 0.2) is 48.5 Å². The third kappa shape index (κ3) is 4.07. The lowest BCUT2D eigenvalue weighted by molar-refractivity contribution is 0.0953. The molecule has 2 rings (SSSR count). The van der Waals surface area contributed by atoms with Crippen molar-refractivity contribution in [2.45, 2.75) is 0 Å². The van der Waals surface area contributed by atoms with Crippen molar-refractivity contribution in [1.29, 1.82) is 0 Å². The molecule has 0 heterocycles. The van der Waals surface area contributed by atoms with Gasteiger partial charge in [0.1, 0.15) is 0 Å². The quantitative estimate of drug-likeness (QED) is 0.791. The molecule has 0 saturated carbocycles. The summed E-state index contributed by atoms with van der Waals surface area (Å²) in [7, 11) is 0. The summed E-state index contributed by atoms with van der Waals surface area (Å²) in [5, 5.41) is 5.72. The van der Waals surface area contributed by atoms with Crippen molar-refractivity contribution >= 4 is 29.1 Å². The molecule has 0 aromatic heterocycles. The summed E-state index contributed by atoms with van der Waals surface area (Å²) in [6.45, 7) is 0.740. The van der Waals surface area contributed by atoms with Crippen LogP contribution in [0.25, 0.3) is 0 Å². The van der Waals surface area contributed by atoms with Crippen LogP contribution in [0.4, 0.5) is 5.69 Å². The topological polar surface area (TPSA) is 84.2 Å². The first-order valence-corrected chi connectivity index (χ1v) is 7.14. The van der Waals surface area contributed by atoms with E-state index in [9.17, 15) is 9.59 Å². The number of hydrogen-bond acceptors (Lipinski definition) is 3. The lowest BCUT2D eigenvalue weighted by Gasteiger charge is -2.10. The van der Waals surface area contributed by atoms with Crippen LogP contribution >= 0.6 is 11.6 Å². The Kier molecular flexibility index (Phi) is 5.52. The summed E-state index contributed by atoms with van der Waals surface area (Å²) >= 11 is 6.07. The Bertz CT molecular complexity index is 674. The van der Waals surface area contributed by atoms with E-state index in [4.69, 9.17) is 17.3 Å². The molecule has 5 nitrogen and oxygen atoms in total.